The van der Waals surface area contributed by atoms with Crippen LogP contribution >= 0.6 is 0 Å². The number of amides is 1. The Balaban J connectivity index is 1.48. The fourth-order valence-corrected chi connectivity index (χ4v) is 12.4. The zero-order valence-corrected chi connectivity index (χ0v) is 26.7. The number of aliphatic carboxylic acids is 1. The molecule has 0 saturated heterocycles. The lowest BCUT2D eigenvalue weighted by Crippen LogP contribution is -2.67. The number of ether oxygens (including phenoxy) is 1. The number of hydrogen-bond acceptors (Lipinski definition) is 4. The van der Waals surface area contributed by atoms with E-state index in [1.807, 2.05) is 0 Å². The van der Waals surface area contributed by atoms with Gasteiger partial charge in [-0.15, -0.1) is 0 Å². The summed E-state index contributed by atoms with van der Waals surface area (Å²) in [5.41, 5.74) is 1.25. The Morgan fingerprint density at radius 1 is 0.854 bits per heavy atom. The minimum absolute atomic E-state index is 0.0147. The fourth-order valence-electron chi connectivity index (χ4n) is 12.4. The van der Waals surface area contributed by atoms with Crippen LogP contribution in [0.1, 0.15) is 119 Å². The van der Waals surface area contributed by atoms with Crippen molar-refractivity contribution in [3.8, 4) is 0 Å². The van der Waals surface area contributed by atoms with Gasteiger partial charge in [-0.3, -0.25) is 14.4 Å². The highest BCUT2D eigenvalue weighted by molar-refractivity contribution is 5.84. The Kier molecular flexibility index (Phi) is 7.55. The molecule has 5 rings (SSSR count). The highest BCUT2D eigenvalue weighted by Crippen LogP contribution is 2.77. The molecule has 0 aromatic rings. The summed E-state index contributed by atoms with van der Waals surface area (Å²) in [6, 6.07) is 0. The summed E-state index contributed by atoms with van der Waals surface area (Å²) in [6.07, 6.45) is 10.5. The van der Waals surface area contributed by atoms with Crippen LogP contribution in [0.2, 0.25) is 0 Å². The number of nitrogens with one attached hydrogen (secondary N) is 1. The molecule has 0 heterocycles. The summed E-state index contributed by atoms with van der Waals surface area (Å²) in [6.45, 7) is 20.7. The zero-order valence-electron chi connectivity index (χ0n) is 26.7. The van der Waals surface area contributed by atoms with Gasteiger partial charge in [0.05, 0.1) is 11.8 Å². The van der Waals surface area contributed by atoms with Gasteiger partial charge in [0.15, 0.2) is 0 Å². The predicted molar refractivity (Wildman–Crippen MR) is 160 cm³/mol. The second kappa shape index (κ2) is 10.1. The molecule has 1 amide bonds. The van der Waals surface area contributed by atoms with Crippen LogP contribution < -0.4 is 5.32 Å². The van der Waals surface area contributed by atoms with Gasteiger partial charge in [0, 0.05) is 18.9 Å². The molecule has 6 nitrogen and oxygen atoms in total. The summed E-state index contributed by atoms with van der Waals surface area (Å²) in [5, 5.41) is 12.2. The van der Waals surface area contributed by atoms with E-state index < -0.39 is 11.4 Å². The fraction of sp³-hybridized carbons (Fsp3) is 0.857. The number of allylic oxidation sites excluding steroid dienone is 1. The first-order valence-electron chi connectivity index (χ1n) is 16.4. The third-order valence-electron chi connectivity index (χ3n) is 14.4. The van der Waals surface area contributed by atoms with Gasteiger partial charge in [0.1, 0.15) is 6.10 Å². The average Bonchev–Trinajstić information content (AvgIpc) is 3.27. The van der Waals surface area contributed by atoms with Crippen molar-refractivity contribution in [3.63, 3.8) is 0 Å². The standard InChI is InChI=1S/C35H55NO5/c1-21(2)23-11-17-35(30(40)36-20-14-28(38)39)19-18-33(7)24(29(23)35)9-10-26-32(6)15-13-27(41-22(3)37)31(4,5)25(32)12-16-34(26,33)8/h23-27,29H,1,9-20H2,2-8H3,(H,36,40)(H,38,39)/t23-,24+,25-,26+,27-,29+,32-,33+,34+,35-/m0/s1. The Hall–Kier alpha value is -1.85. The lowest BCUT2D eigenvalue weighted by Gasteiger charge is -2.72. The minimum atomic E-state index is -0.873. The topological polar surface area (TPSA) is 92.7 Å². The normalized spacial score (nSPS) is 46.2. The van der Waals surface area contributed by atoms with E-state index in [0.717, 1.165) is 51.4 Å². The van der Waals surface area contributed by atoms with Crippen molar-refractivity contribution in [1.29, 1.82) is 0 Å². The van der Waals surface area contributed by atoms with Gasteiger partial charge >= 0.3 is 11.9 Å². The van der Waals surface area contributed by atoms with Crippen LogP contribution in [-0.4, -0.2) is 35.6 Å². The van der Waals surface area contributed by atoms with Gasteiger partial charge in [0.25, 0.3) is 0 Å². The number of carboxylic acid groups (broad SMARTS) is 1. The molecule has 2 N–H and O–H groups in total. The summed E-state index contributed by atoms with van der Waals surface area (Å²) in [7, 11) is 0. The monoisotopic (exact) mass is 569 g/mol. The maximum Gasteiger partial charge on any atom is 0.305 e. The van der Waals surface area contributed by atoms with E-state index in [9.17, 15) is 14.4 Å². The maximum absolute atomic E-state index is 13.9. The first-order valence-corrected chi connectivity index (χ1v) is 16.4. The number of fused-ring (bicyclic) bond motifs is 7. The van der Waals surface area contributed by atoms with Crippen molar-refractivity contribution in [2.24, 2.45) is 56.7 Å². The summed E-state index contributed by atoms with van der Waals surface area (Å²) in [4.78, 5) is 37.1. The maximum atomic E-state index is 13.9. The van der Waals surface area contributed by atoms with Crippen LogP contribution in [-0.2, 0) is 19.1 Å². The molecule has 0 aromatic carbocycles. The number of esters is 1. The summed E-state index contributed by atoms with van der Waals surface area (Å²) < 4.78 is 5.91. The van der Waals surface area contributed by atoms with Gasteiger partial charge in [0.2, 0.25) is 5.91 Å². The summed E-state index contributed by atoms with van der Waals surface area (Å²) >= 11 is 0. The Morgan fingerprint density at radius 3 is 2.20 bits per heavy atom. The first kappa shape index (κ1) is 30.6. The van der Waals surface area contributed by atoms with Crippen molar-refractivity contribution in [2.45, 2.75) is 125 Å². The van der Waals surface area contributed by atoms with E-state index in [-0.39, 0.29) is 58.5 Å². The molecule has 5 fully saturated rings. The van der Waals surface area contributed by atoms with Crippen molar-refractivity contribution < 1.29 is 24.2 Å². The Morgan fingerprint density at radius 2 is 1.56 bits per heavy atom. The largest absolute Gasteiger partial charge is 0.481 e. The van der Waals surface area contributed by atoms with Crippen LogP contribution in [0.25, 0.3) is 0 Å². The third-order valence-corrected chi connectivity index (χ3v) is 14.4. The number of carbonyl (C=O) groups is 3. The molecule has 0 unspecified atom stereocenters. The van der Waals surface area contributed by atoms with E-state index in [0.29, 0.717) is 23.7 Å². The molecule has 0 spiro atoms. The van der Waals surface area contributed by atoms with E-state index >= 15 is 0 Å². The Bertz CT molecular complexity index is 1110. The molecule has 230 valence electrons. The Labute approximate surface area is 247 Å². The molecule has 0 aromatic heterocycles. The molecule has 0 radical (unpaired) electrons. The van der Waals surface area contributed by atoms with Crippen molar-refractivity contribution in [2.75, 3.05) is 6.54 Å². The van der Waals surface area contributed by atoms with Crippen LogP contribution in [0, 0.1) is 56.7 Å². The van der Waals surface area contributed by atoms with Crippen LogP contribution in [0.4, 0.5) is 0 Å². The van der Waals surface area contributed by atoms with Crippen molar-refractivity contribution in [3.05, 3.63) is 12.2 Å². The second-order valence-corrected chi connectivity index (χ2v) is 16.2. The molecule has 0 bridgehead atoms. The molecular formula is C35H55NO5. The zero-order chi connectivity index (χ0) is 30.2. The molecule has 41 heavy (non-hydrogen) atoms. The van der Waals surface area contributed by atoms with Crippen LogP contribution in [0.3, 0.4) is 0 Å². The van der Waals surface area contributed by atoms with Gasteiger partial charge in [-0.25, -0.2) is 0 Å². The smallest absolute Gasteiger partial charge is 0.305 e. The van der Waals surface area contributed by atoms with E-state index in [2.05, 4.69) is 53.4 Å². The van der Waals surface area contributed by atoms with Crippen LogP contribution in [0.5, 0.6) is 0 Å². The predicted octanol–water partition coefficient (Wildman–Crippen LogP) is 7.17. The third kappa shape index (κ3) is 4.34. The van der Waals surface area contributed by atoms with Crippen molar-refractivity contribution in [1.82, 2.24) is 5.32 Å². The first-order chi connectivity index (χ1) is 19.0. The average molecular weight is 570 g/mol. The highest BCUT2D eigenvalue weighted by Gasteiger charge is 2.72. The summed E-state index contributed by atoms with van der Waals surface area (Å²) in [5.74, 6) is 1.24. The molecule has 6 heteroatoms. The second-order valence-electron chi connectivity index (χ2n) is 16.2. The van der Waals surface area contributed by atoms with Crippen LogP contribution in [0.15, 0.2) is 12.2 Å². The molecule has 5 saturated carbocycles. The minimum Gasteiger partial charge on any atom is -0.481 e. The van der Waals surface area contributed by atoms with Gasteiger partial charge in [-0.05, 0) is 117 Å². The van der Waals surface area contributed by atoms with Gasteiger partial charge in [-0.1, -0.05) is 46.8 Å². The lowest BCUT2D eigenvalue weighted by atomic mass is 9.32. The van der Waals surface area contributed by atoms with E-state index in [1.54, 1.807) is 6.92 Å². The number of carboxylic acids is 1. The van der Waals surface area contributed by atoms with Gasteiger partial charge in [-0.2, -0.15) is 0 Å². The van der Waals surface area contributed by atoms with E-state index in [1.165, 1.54) is 18.4 Å². The molecule has 10 atom stereocenters. The molecule has 5 aliphatic carbocycles. The van der Waals surface area contributed by atoms with E-state index in [4.69, 9.17) is 9.84 Å². The van der Waals surface area contributed by atoms with Gasteiger partial charge < -0.3 is 15.2 Å². The molecule has 0 aliphatic heterocycles. The molecular weight excluding hydrogens is 514 g/mol. The molecule has 5 aliphatic rings. The highest BCUT2D eigenvalue weighted by atomic mass is 16.5. The van der Waals surface area contributed by atoms with Crippen molar-refractivity contribution >= 4 is 17.8 Å². The quantitative estimate of drug-likeness (QED) is 0.261. The number of carbonyl (C=O) groups excluding carboxylic acids is 2. The number of rotatable bonds is 6. The SMILES string of the molecule is C=C(C)[C@@H]1CC[C@]2(C(=O)NCCC(=O)O)CC[C@]3(C)[C@H](CC[C@@H]4[C@@]5(C)CC[C@H](OC(C)=O)C(C)(C)[C@@H]5CC[C@]43C)[C@@H]12. The lowest BCUT2D eigenvalue weighted by molar-refractivity contribution is -0.248. The number of hydrogen-bond donors (Lipinski definition) is 2.